The number of aromatic nitrogens is 3. The summed E-state index contributed by atoms with van der Waals surface area (Å²) in [6, 6.07) is 2.03. The first kappa shape index (κ1) is 11.1. The highest BCUT2D eigenvalue weighted by Gasteiger charge is 2.08. The second-order valence-corrected chi connectivity index (χ2v) is 3.92. The van der Waals surface area contributed by atoms with Crippen molar-refractivity contribution < 1.29 is 0 Å². The van der Waals surface area contributed by atoms with Crippen molar-refractivity contribution in [3.05, 3.63) is 41.2 Å². The largest absolute Gasteiger partial charge is 0.398 e. The Morgan fingerprint density at radius 2 is 2.18 bits per heavy atom. The van der Waals surface area contributed by atoms with Crippen LogP contribution in [0.15, 0.2) is 18.6 Å². The number of nitrogens with two attached hydrogens (primary N) is 1. The van der Waals surface area contributed by atoms with Crippen molar-refractivity contribution >= 4 is 5.69 Å². The summed E-state index contributed by atoms with van der Waals surface area (Å²) < 4.78 is 1.75. The number of imidazole rings is 1. The quantitative estimate of drug-likeness (QED) is 0.840. The van der Waals surface area contributed by atoms with E-state index in [9.17, 15) is 0 Å². The van der Waals surface area contributed by atoms with Crippen molar-refractivity contribution in [2.24, 2.45) is 0 Å². The van der Waals surface area contributed by atoms with E-state index in [0.717, 1.165) is 22.5 Å². The van der Waals surface area contributed by atoms with Crippen LogP contribution in [0.4, 0.5) is 5.69 Å². The number of aryl methyl sites for hydroxylation is 1. The summed E-state index contributed by atoms with van der Waals surface area (Å²) in [6.07, 6.45) is 5.11. The molecule has 0 aliphatic rings. The molecule has 0 unspecified atom stereocenters. The van der Waals surface area contributed by atoms with E-state index in [4.69, 9.17) is 11.0 Å². The van der Waals surface area contributed by atoms with E-state index in [1.165, 1.54) is 0 Å². The zero-order valence-electron chi connectivity index (χ0n) is 9.81. The van der Waals surface area contributed by atoms with Crippen LogP contribution >= 0.6 is 0 Å². The van der Waals surface area contributed by atoms with E-state index in [-0.39, 0.29) is 0 Å². The van der Waals surface area contributed by atoms with Gasteiger partial charge in [0.15, 0.2) is 0 Å². The van der Waals surface area contributed by atoms with Crippen molar-refractivity contribution in [3.63, 3.8) is 0 Å². The predicted molar refractivity (Wildman–Crippen MR) is 64.2 cm³/mol. The minimum Gasteiger partial charge on any atom is -0.398 e. The second kappa shape index (κ2) is 4.26. The highest BCUT2D eigenvalue weighted by Crippen LogP contribution is 2.18. The second-order valence-electron chi connectivity index (χ2n) is 3.92. The number of hydrogen-bond donors (Lipinski definition) is 1. The Morgan fingerprint density at radius 3 is 2.88 bits per heavy atom. The van der Waals surface area contributed by atoms with Gasteiger partial charge in [0.25, 0.3) is 0 Å². The number of hydrogen-bond acceptors (Lipinski definition) is 4. The van der Waals surface area contributed by atoms with Crippen molar-refractivity contribution in [1.29, 1.82) is 5.26 Å². The SMILES string of the molecule is Cc1cnc(Cn2ccnc2C#N)c(C)c1N. The molecule has 86 valence electrons. The normalized spacial score (nSPS) is 10.2. The Bertz CT molecular complexity index is 591. The fourth-order valence-corrected chi connectivity index (χ4v) is 1.66. The van der Waals surface area contributed by atoms with Gasteiger partial charge in [-0.1, -0.05) is 0 Å². The van der Waals surface area contributed by atoms with Gasteiger partial charge >= 0.3 is 0 Å². The van der Waals surface area contributed by atoms with Crippen LogP contribution in [0.2, 0.25) is 0 Å². The van der Waals surface area contributed by atoms with E-state index in [2.05, 4.69) is 9.97 Å². The van der Waals surface area contributed by atoms with Gasteiger partial charge in [0.2, 0.25) is 5.82 Å². The zero-order chi connectivity index (χ0) is 12.4. The molecule has 0 amide bonds. The summed E-state index contributed by atoms with van der Waals surface area (Å²) in [6.45, 7) is 4.38. The highest BCUT2D eigenvalue weighted by atomic mass is 15.1. The topological polar surface area (TPSA) is 80.5 Å². The number of rotatable bonds is 2. The summed E-state index contributed by atoms with van der Waals surface area (Å²) in [4.78, 5) is 8.29. The minimum atomic E-state index is 0.380. The average Bonchev–Trinajstić information content (AvgIpc) is 2.77. The molecule has 5 heteroatoms. The van der Waals surface area contributed by atoms with Crippen LogP contribution in [0.3, 0.4) is 0 Å². The summed E-state index contributed by atoms with van der Waals surface area (Å²) in [7, 11) is 0. The Morgan fingerprint density at radius 1 is 1.41 bits per heavy atom. The third kappa shape index (κ3) is 1.97. The summed E-state index contributed by atoms with van der Waals surface area (Å²) in [5.41, 5.74) is 9.50. The Balaban J connectivity index is 2.38. The Kier molecular flexibility index (Phi) is 2.79. The van der Waals surface area contributed by atoms with Crippen LogP contribution in [-0.2, 0) is 6.54 Å². The van der Waals surface area contributed by atoms with Crippen LogP contribution in [0.5, 0.6) is 0 Å². The van der Waals surface area contributed by atoms with Crippen LogP contribution in [-0.4, -0.2) is 14.5 Å². The van der Waals surface area contributed by atoms with Gasteiger partial charge in [-0.2, -0.15) is 5.26 Å². The lowest BCUT2D eigenvalue weighted by molar-refractivity contribution is 0.754. The molecule has 2 heterocycles. The van der Waals surface area contributed by atoms with E-state index in [1.54, 1.807) is 23.2 Å². The molecule has 2 aromatic rings. The van der Waals surface area contributed by atoms with Gasteiger partial charge in [0.1, 0.15) is 6.07 Å². The van der Waals surface area contributed by atoms with Gasteiger partial charge in [-0.25, -0.2) is 4.98 Å². The summed E-state index contributed by atoms with van der Waals surface area (Å²) in [5.74, 6) is 0.380. The zero-order valence-corrected chi connectivity index (χ0v) is 9.81. The highest BCUT2D eigenvalue weighted by molar-refractivity contribution is 5.53. The molecule has 0 atom stereocenters. The first-order valence-electron chi connectivity index (χ1n) is 5.25. The number of pyridine rings is 1. The van der Waals surface area contributed by atoms with Crippen molar-refractivity contribution in [2.45, 2.75) is 20.4 Å². The van der Waals surface area contributed by atoms with Crippen molar-refractivity contribution in [3.8, 4) is 6.07 Å². The standard InChI is InChI=1S/C12H13N5/c1-8-6-16-10(9(2)12(8)14)7-17-4-3-15-11(17)5-13/h3-4,6H,7H2,1-2H3,(H2,14,16). The fraction of sp³-hybridized carbons (Fsp3) is 0.250. The van der Waals surface area contributed by atoms with Crippen molar-refractivity contribution in [2.75, 3.05) is 5.73 Å². The molecule has 0 aliphatic heterocycles. The lowest BCUT2D eigenvalue weighted by Crippen LogP contribution is -2.08. The Labute approximate surface area is 99.5 Å². The van der Waals surface area contributed by atoms with Gasteiger partial charge in [-0.05, 0) is 25.0 Å². The van der Waals surface area contributed by atoms with Crippen LogP contribution < -0.4 is 5.73 Å². The lowest BCUT2D eigenvalue weighted by atomic mass is 10.1. The van der Waals surface area contributed by atoms with Crippen LogP contribution in [0.1, 0.15) is 22.6 Å². The number of nitriles is 1. The van der Waals surface area contributed by atoms with E-state index in [1.807, 2.05) is 19.9 Å². The monoisotopic (exact) mass is 227 g/mol. The molecule has 0 spiro atoms. The molecular weight excluding hydrogens is 214 g/mol. The molecule has 2 rings (SSSR count). The molecule has 0 aromatic carbocycles. The van der Waals surface area contributed by atoms with Gasteiger partial charge in [0, 0.05) is 24.3 Å². The first-order chi connectivity index (χ1) is 8.13. The number of nitrogens with zero attached hydrogens (tertiary/aromatic N) is 4. The number of anilines is 1. The average molecular weight is 227 g/mol. The van der Waals surface area contributed by atoms with E-state index >= 15 is 0 Å². The van der Waals surface area contributed by atoms with Gasteiger partial charge in [-0.15, -0.1) is 0 Å². The molecule has 2 N–H and O–H groups in total. The van der Waals surface area contributed by atoms with Gasteiger partial charge in [-0.3, -0.25) is 4.98 Å². The molecule has 5 nitrogen and oxygen atoms in total. The van der Waals surface area contributed by atoms with Gasteiger partial charge in [0.05, 0.1) is 12.2 Å². The minimum absolute atomic E-state index is 0.380. The maximum Gasteiger partial charge on any atom is 0.213 e. The molecular formula is C12H13N5. The molecule has 0 radical (unpaired) electrons. The maximum atomic E-state index is 8.87. The van der Waals surface area contributed by atoms with Crippen LogP contribution in [0.25, 0.3) is 0 Å². The third-order valence-corrected chi connectivity index (χ3v) is 2.81. The third-order valence-electron chi connectivity index (χ3n) is 2.81. The first-order valence-corrected chi connectivity index (χ1v) is 5.25. The van der Waals surface area contributed by atoms with Crippen LogP contribution in [0, 0.1) is 25.2 Å². The molecule has 0 fully saturated rings. The molecule has 0 saturated carbocycles. The smallest absolute Gasteiger partial charge is 0.213 e. The number of nitrogen functional groups attached to an aromatic ring is 1. The van der Waals surface area contributed by atoms with Gasteiger partial charge < -0.3 is 10.3 Å². The van der Waals surface area contributed by atoms with Crippen molar-refractivity contribution in [1.82, 2.24) is 14.5 Å². The molecule has 0 aliphatic carbocycles. The summed E-state index contributed by atoms with van der Waals surface area (Å²) >= 11 is 0. The van der Waals surface area contributed by atoms with E-state index < -0.39 is 0 Å². The maximum absolute atomic E-state index is 8.87. The fourth-order valence-electron chi connectivity index (χ4n) is 1.66. The summed E-state index contributed by atoms with van der Waals surface area (Å²) in [5, 5.41) is 8.87. The molecule has 17 heavy (non-hydrogen) atoms. The van der Waals surface area contributed by atoms with E-state index in [0.29, 0.717) is 12.4 Å². The predicted octanol–water partition coefficient (Wildman–Crippen LogP) is 1.40. The lowest BCUT2D eigenvalue weighted by Gasteiger charge is -2.10. The molecule has 0 saturated heterocycles. The Hall–Kier alpha value is -2.35. The molecule has 2 aromatic heterocycles. The molecule has 0 bridgehead atoms.